The molecule has 7 nitrogen and oxygen atoms in total. The number of nitrogens with zero attached hydrogens (tertiary/aromatic N) is 2. The zero-order valence-corrected chi connectivity index (χ0v) is 23.4. The summed E-state index contributed by atoms with van der Waals surface area (Å²) in [5.41, 5.74) is 3.23. The highest BCUT2D eigenvalue weighted by Gasteiger charge is 2.24. The van der Waals surface area contributed by atoms with E-state index in [4.69, 9.17) is 9.73 Å². The molecule has 2 aromatic rings. The number of benzene rings is 2. The zero-order valence-electron chi connectivity index (χ0n) is 22.6. The van der Waals surface area contributed by atoms with E-state index < -0.39 is 22.5 Å². The first kappa shape index (κ1) is 28.3. The molecule has 0 saturated heterocycles. The van der Waals surface area contributed by atoms with Crippen LogP contribution in [0.5, 0.6) is 0 Å². The minimum atomic E-state index is -1.05. The molecule has 0 saturated carbocycles. The van der Waals surface area contributed by atoms with Crippen LogP contribution in [0.4, 0.5) is 10.5 Å². The lowest BCUT2D eigenvalue weighted by atomic mass is 10.0. The number of nitrogens with one attached hydrogen (secondary N) is 1. The Labute approximate surface area is 222 Å². The number of ether oxygens (including phenoxy) is 1. The van der Waals surface area contributed by atoms with Crippen LogP contribution in [-0.2, 0) is 20.3 Å². The number of hydrogen-bond acceptors (Lipinski definition) is 5. The summed E-state index contributed by atoms with van der Waals surface area (Å²) in [6.07, 6.45) is 4.82. The molecule has 2 aromatic carbocycles. The van der Waals surface area contributed by atoms with E-state index in [-0.39, 0.29) is 12.3 Å². The van der Waals surface area contributed by atoms with Crippen molar-refractivity contribution in [2.45, 2.75) is 64.4 Å². The van der Waals surface area contributed by atoms with Crippen LogP contribution < -0.4 is 5.32 Å². The van der Waals surface area contributed by atoms with Crippen LogP contribution in [0.15, 0.2) is 57.9 Å². The third-order valence-electron chi connectivity index (χ3n) is 5.69. The van der Waals surface area contributed by atoms with Gasteiger partial charge in [-0.05, 0) is 69.0 Å². The molecule has 37 heavy (non-hydrogen) atoms. The number of carbonyl (C=O) groups is 2. The Hall–Kier alpha value is -3.26. The van der Waals surface area contributed by atoms with Gasteiger partial charge in [0.1, 0.15) is 11.4 Å². The predicted octanol–water partition coefficient (Wildman–Crippen LogP) is 6.08. The minimum absolute atomic E-state index is 0.0533. The van der Waals surface area contributed by atoms with Gasteiger partial charge in [0.25, 0.3) is 0 Å². The van der Waals surface area contributed by atoms with E-state index in [0.717, 1.165) is 34.4 Å². The largest absolute Gasteiger partial charge is 0.444 e. The van der Waals surface area contributed by atoms with Crippen molar-refractivity contribution >= 4 is 40.4 Å². The van der Waals surface area contributed by atoms with Crippen LogP contribution in [-0.4, -0.2) is 51.9 Å². The normalized spacial score (nSPS) is 14.0. The molecule has 0 aromatic heterocycles. The van der Waals surface area contributed by atoms with Crippen molar-refractivity contribution in [2.24, 2.45) is 4.99 Å². The number of hydrogen-bond donors (Lipinski definition) is 1. The molecular weight excluding hydrogens is 486 g/mol. The van der Waals surface area contributed by atoms with Gasteiger partial charge in [0, 0.05) is 52.6 Å². The molecule has 1 heterocycles. The van der Waals surface area contributed by atoms with Gasteiger partial charge in [0.2, 0.25) is 5.91 Å². The molecule has 0 radical (unpaired) electrons. The molecule has 2 amide bonds. The third-order valence-corrected chi connectivity index (χ3v) is 6.62. The van der Waals surface area contributed by atoms with Gasteiger partial charge in [-0.1, -0.05) is 38.1 Å². The van der Waals surface area contributed by atoms with Crippen LogP contribution >= 0.6 is 0 Å². The standard InChI is InChI=1S/C29H37N3O4S/c1-7-15-32(16-8-2)27(33)23-17-22-10-9-21(20-11-13-24(14-12-20)37(6)35)18-25(22)30-26(19-23)31-28(34)36-29(3,4)5/h9-14,17-18H,7-8,15-16,19H2,1-6H3,(H,30,31,34). The van der Waals surface area contributed by atoms with Gasteiger partial charge in [0.05, 0.1) is 5.69 Å². The van der Waals surface area contributed by atoms with E-state index >= 15 is 0 Å². The van der Waals surface area contributed by atoms with E-state index in [1.54, 1.807) is 27.0 Å². The fourth-order valence-electron chi connectivity index (χ4n) is 4.07. The topological polar surface area (TPSA) is 88.1 Å². The molecule has 1 aliphatic heterocycles. The summed E-state index contributed by atoms with van der Waals surface area (Å²) in [5, 5.41) is 2.77. The van der Waals surface area contributed by atoms with Gasteiger partial charge >= 0.3 is 6.09 Å². The molecular formula is C29H37N3O4S. The van der Waals surface area contributed by atoms with Crippen molar-refractivity contribution in [3.05, 3.63) is 53.6 Å². The van der Waals surface area contributed by atoms with Crippen molar-refractivity contribution < 1.29 is 18.5 Å². The molecule has 1 unspecified atom stereocenters. The Morgan fingerprint density at radius 1 is 1.03 bits per heavy atom. The first-order chi connectivity index (χ1) is 17.5. The molecule has 1 atom stereocenters. The number of carbonyl (C=O) groups excluding carboxylic acids is 2. The first-order valence-electron chi connectivity index (χ1n) is 12.7. The summed E-state index contributed by atoms with van der Waals surface area (Å²) in [6, 6.07) is 13.4. The number of aliphatic imine (C=N–C) groups is 1. The molecule has 198 valence electrons. The Morgan fingerprint density at radius 2 is 1.65 bits per heavy atom. The molecule has 1 N–H and O–H groups in total. The van der Waals surface area contributed by atoms with Crippen molar-refractivity contribution in [3.63, 3.8) is 0 Å². The number of alkyl carbamates (subject to hydrolysis) is 1. The second-order valence-electron chi connectivity index (χ2n) is 10.1. The Balaban J connectivity index is 2.03. The number of rotatable bonds is 7. The summed E-state index contributed by atoms with van der Waals surface area (Å²) in [6.45, 7) is 10.8. The van der Waals surface area contributed by atoms with Crippen molar-refractivity contribution in [3.8, 4) is 11.1 Å². The average Bonchev–Trinajstić information content (AvgIpc) is 3.00. The second kappa shape index (κ2) is 12.3. The zero-order chi connectivity index (χ0) is 27.2. The number of fused-ring (bicyclic) bond motifs is 1. The molecule has 0 fully saturated rings. The maximum Gasteiger partial charge on any atom is 0.413 e. The van der Waals surface area contributed by atoms with Crippen molar-refractivity contribution in [2.75, 3.05) is 19.3 Å². The van der Waals surface area contributed by atoms with Crippen LogP contribution in [0, 0.1) is 0 Å². The van der Waals surface area contributed by atoms with Gasteiger partial charge in [-0.25, -0.2) is 9.79 Å². The number of amides is 2. The lowest BCUT2D eigenvalue weighted by molar-refractivity contribution is -0.127. The molecule has 0 spiro atoms. The summed E-state index contributed by atoms with van der Waals surface area (Å²) < 4.78 is 17.2. The maximum atomic E-state index is 13.5. The van der Waals surface area contributed by atoms with Gasteiger partial charge in [0.15, 0.2) is 0 Å². The van der Waals surface area contributed by atoms with Gasteiger partial charge in [-0.15, -0.1) is 0 Å². The van der Waals surface area contributed by atoms with Crippen molar-refractivity contribution in [1.29, 1.82) is 0 Å². The highest BCUT2D eigenvalue weighted by molar-refractivity contribution is 7.84. The predicted molar refractivity (Wildman–Crippen MR) is 150 cm³/mol. The molecule has 8 heteroatoms. The van der Waals surface area contributed by atoms with Crippen molar-refractivity contribution in [1.82, 2.24) is 10.2 Å². The maximum absolute atomic E-state index is 13.5. The Morgan fingerprint density at radius 3 is 2.22 bits per heavy atom. The summed E-state index contributed by atoms with van der Waals surface area (Å²) >= 11 is 0. The monoisotopic (exact) mass is 523 g/mol. The Bertz CT molecular complexity index is 1220. The number of amidine groups is 1. The highest BCUT2D eigenvalue weighted by Crippen LogP contribution is 2.32. The molecule has 0 aliphatic carbocycles. The van der Waals surface area contributed by atoms with E-state index in [0.29, 0.717) is 30.2 Å². The van der Waals surface area contributed by atoms with Gasteiger partial charge in [-0.2, -0.15) is 0 Å². The second-order valence-corrected chi connectivity index (χ2v) is 11.5. The highest BCUT2D eigenvalue weighted by atomic mass is 32.2. The SMILES string of the molecule is CCCN(CCC)C(=O)C1=Cc2ccc(-c3ccc(S(C)=O)cc3)cc2N=C(NC(=O)OC(C)(C)C)C1. The van der Waals surface area contributed by atoms with Crippen LogP contribution in [0.1, 0.15) is 59.4 Å². The summed E-state index contributed by atoms with van der Waals surface area (Å²) in [7, 11) is -1.05. The van der Waals surface area contributed by atoms with E-state index in [1.165, 1.54) is 0 Å². The van der Waals surface area contributed by atoms with E-state index in [1.807, 2.05) is 53.4 Å². The average molecular weight is 524 g/mol. The van der Waals surface area contributed by atoms with Crippen LogP contribution in [0.3, 0.4) is 0 Å². The quantitative estimate of drug-likeness (QED) is 0.476. The fraction of sp³-hybridized carbons (Fsp3) is 0.414. The molecule has 0 bridgehead atoms. The van der Waals surface area contributed by atoms with E-state index in [2.05, 4.69) is 19.2 Å². The summed E-state index contributed by atoms with van der Waals surface area (Å²) in [5.74, 6) is 0.303. The van der Waals surface area contributed by atoms with Gasteiger partial charge < -0.3 is 9.64 Å². The van der Waals surface area contributed by atoms with Crippen LogP contribution in [0.25, 0.3) is 17.2 Å². The Kier molecular flexibility index (Phi) is 9.43. The molecule has 1 aliphatic rings. The smallest absolute Gasteiger partial charge is 0.413 e. The fourth-order valence-corrected chi connectivity index (χ4v) is 4.59. The van der Waals surface area contributed by atoms with Crippen LogP contribution in [0.2, 0.25) is 0 Å². The first-order valence-corrected chi connectivity index (χ1v) is 14.2. The summed E-state index contributed by atoms with van der Waals surface area (Å²) in [4.78, 5) is 33.5. The molecule has 3 rings (SSSR count). The lowest BCUT2D eigenvalue weighted by Crippen LogP contribution is -2.38. The van der Waals surface area contributed by atoms with Gasteiger partial charge in [-0.3, -0.25) is 14.3 Å². The third kappa shape index (κ3) is 7.86. The van der Waals surface area contributed by atoms with E-state index in [9.17, 15) is 13.8 Å². The lowest BCUT2D eigenvalue weighted by Gasteiger charge is -2.23. The minimum Gasteiger partial charge on any atom is -0.444 e.